The van der Waals surface area contributed by atoms with E-state index in [9.17, 15) is 0 Å². The topological polar surface area (TPSA) is 8.17 Å². The molecule has 0 saturated heterocycles. The van der Waals surface area contributed by atoms with Crippen molar-refractivity contribution in [1.82, 2.24) is 4.57 Å². The van der Waals surface area contributed by atoms with E-state index in [1.54, 1.807) is 0 Å². The predicted molar refractivity (Wildman–Crippen MR) is 114 cm³/mol. The molecule has 1 unspecified atom stereocenters. The van der Waals surface area contributed by atoms with E-state index in [1.165, 1.54) is 46.0 Å². The van der Waals surface area contributed by atoms with Gasteiger partial charge >= 0.3 is 0 Å². The summed E-state index contributed by atoms with van der Waals surface area (Å²) < 4.78 is 2.38. The van der Waals surface area contributed by atoms with Crippen LogP contribution in [0.1, 0.15) is 26.7 Å². The van der Waals surface area contributed by atoms with Gasteiger partial charge in [0.2, 0.25) is 0 Å². The van der Waals surface area contributed by atoms with Gasteiger partial charge in [-0.1, -0.05) is 55.8 Å². The van der Waals surface area contributed by atoms with Crippen molar-refractivity contribution in [2.45, 2.75) is 32.7 Å². The molecule has 2 nitrogen and oxygen atoms in total. The van der Waals surface area contributed by atoms with E-state index in [0.29, 0.717) is 6.04 Å². The highest BCUT2D eigenvalue weighted by molar-refractivity contribution is 6.10. The minimum absolute atomic E-state index is 0.534. The molecule has 4 rings (SSSR count). The molecule has 2 heteroatoms. The van der Waals surface area contributed by atoms with E-state index in [4.69, 9.17) is 0 Å². The third kappa shape index (κ3) is 2.76. The molecular weight excluding hydrogens is 316 g/mol. The molecule has 1 atom stereocenters. The van der Waals surface area contributed by atoms with E-state index in [1.807, 2.05) is 0 Å². The number of anilines is 1. The maximum atomic E-state index is 2.40. The highest BCUT2D eigenvalue weighted by atomic mass is 15.1. The van der Waals surface area contributed by atoms with Crippen LogP contribution in [0.25, 0.3) is 27.5 Å². The second-order valence-electron chi connectivity index (χ2n) is 7.14. The molecule has 26 heavy (non-hydrogen) atoms. The lowest BCUT2D eigenvalue weighted by Gasteiger charge is -2.27. The van der Waals surface area contributed by atoms with E-state index in [0.717, 1.165) is 0 Å². The van der Waals surface area contributed by atoms with Crippen molar-refractivity contribution in [3.8, 4) is 5.69 Å². The van der Waals surface area contributed by atoms with E-state index in [-0.39, 0.29) is 0 Å². The Labute approximate surface area is 155 Å². The normalized spacial score (nSPS) is 12.6. The molecule has 0 aliphatic carbocycles. The summed E-state index contributed by atoms with van der Waals surface area (Å²) in [7, 11) is 2.21. The Morgan fingerprint density at radius 1 is 0.846 bits per heavy atom. The Morgan fingerprint density at radius 3 is 2.31 bits per heavy atom. The molecule has 1 aromatic heterocycles. The molecule has 0 aliphatic rings. The average Bonchev–Trinajstić information content (AvgIpc) is 3.02. The maximum Gasteiger partial charge on any atom is 0.0561 e. The van der Waals surface area contributed by atoms with Crippen LogP contribution in [0.15, 0.2) is 72.8 Å². The monoisotopic (exact) mass is 342 g/mol. The fraction of sp³-hybridized carbons (Fsp3) is 0.250. The first-order chi connectivity index (χ1) is 12.7. The van der Waals surface area contributed by atoms with Gasteiger partial charge in [0.1, 0.15) is 0 Å². The second kappa shape index (κ2) is 6.87. The summed E-state index contributed by atoms with van der Waals surface area (Å²) in [5, 5.41) is 2.62. The molecule has 0 aliphatic heterocycles. The van der Waals surface area contributed by atoms with Crippen molar-refractivity contribution >= 4 is 27.5 Å². The minimum Gasteiger partial charge on any atom is -0.372 e. The molecule has 0 N–H and O–H groups in total. The zero-order valence-corrected chi connectivity index (χ0v) is 15.8. The van der Waals surface area contributed by atoms with Crippen molar-refractivity contribution in [2.24, 2.45) is 0 Å². The van der Waals surface area contributed by atoms with Gasteiger partial charge in [0.05, 0.1) is 11.0 Å². The lowest BCUT2D eigenvalue weighted by atomic mass is 10.1. The summed E-state index contributed by atoms with van der Waals surface area (Å²) >= 11 is 0. The van der Waals surface area contributed by atoms with Crippen LogP contribution in [0.5, 0.6) is 0 Å². The molecule has 132 valence electrons. The van der Waals surface area contributed by atoms with E-state index in [2.05, 4.69) is 103 Å². The molecule has 3 aromatic carbocycles. The highest BCUT2D eigenvalue weighted by Crippen LogP contribution is 2.34. The Hall–Kier alpha value is -2.74. The molecule has 1 heterocycles. The van der Waals surface area contributed by atoms with Crippen LogP contribution < -0.4 is 4.90 Å². The first kappa shape index (κ1) is 16.7. The standard InChI is InChI=1S/C24H26N2/c1-4-10-18(2)25(3)20-15-16-22-21-13-8-9-14-23(21)26(24(22)17-20)19-11-6-5-7-12-19/h5-9,11-18H,4,10H2,1-3H3. The van der Waals surface area contributed by atoms with Crippen molar-refractivity contribution in [3.05, 3.63) is 72.8 Å². The van der Waals surface area contributed by atoms with Crippen LogP contribution in [0.3, 0.4) is 0 Å². The summed E-state index contributed by atoms with van der Waals surface area (Å²) in [6, 6.07) is 26.7. The van der Waals surface area contributed by atoms with Crippen molar-refractivity contribution in [1.29, 1.82) is 0 Å². The summed E-state index contributed by atoms with van der Waals surface area (Å²) in [4.78, 5) is 2.40. The van der Waals surface area contributed by atoms with Crippen molar-refractivity contribution in [3.63, 3.8) is 0 Å². The van der Waals surface area contributed by atoms with Gasteiger partial charge in [0, 0.05) is 35.2 Å². The minimum atomic E-state index is 0.534. The lowest BCUT2D eigenvalue weighted by molar-refractivity contribution is 0.616. The fourth-order valence-corrected chi connectivity index (χ4v) is 3.90. The highest BCUT2D eigenvalue weighted by Gasteiger charge is 2.15. The first-order valence-electron chi connectivity index (χ1n) is 9.52. The Kier molecular flexibility index (Phi) is 4.42. The van der Waals surface area contributed by atoms with Gasteiger partial charge in [0.25, 0.3) is 0 Å². The Balaban J connectivity index is 1.96. The summed E-state index contributed by atoms with van der Waals surface area (Å²) in [6.45, 7) is 4.56. The lowest BCUT2D eigenvalue weighted by Crippen LogP contribution is -2.28. The summed E-state index contributed by atoms with van der Waals surface area (Å²) in [6.07, 6.45) is 2.41. The number of para-hydroxylation sites is 2. The molecular formula is C24H26N2. The second-order valence-corrected chi connectivity index (χ2v) is 7.14. The molecule has 0 amide bonds. The number of hydrogen-bond donors (Lipinski definition) is 0. The zero-order valence-electron chi connectivity index (χ0n) is 15.8. The number of benzene rings is 3. The summed E-state index contributed by atoms with van der Waals surface area (Å²) in [5.74, 6) is 0. The zero-order chi connectivity index (χ0) is 18.1. The molecule has 0 bridgehead atoms. The number of hydrogen-bond acceptors (Lipinski definition) is 1. The van der Waals surface area contributed by atoms with Crippen LogP contribution in [-0.4, -0.2) is 17.7 Å². The van der Waals surface area contributed by atoms with Gasteiger partial charge < -0.3 is 9.47 Å². The third-order valence-electron chi connectivity index (χ3n) is 5.45. The molecule has 0 fully saturated rings. The first-order valence-corrected chi connectivity index (χ1v) is 9.52. The summed E-state index contributed by atoms with van der Waals surface area (Å²) in [5.41, 5.74) is 5.01. The van der Waals surface area contributed by atoms with Gasteiger partial charge in [-0.15, -0.1) is 0 Å². The number of fused-ring (bicyclic) bond motifs is 3. The van der Waals surface area contributed by atoms with E-state index >= 15 is 0 Å². The maximum absolute atomic E-state index is 2.40. The average molecular weight is 342 g/mol. The Bertz CT molecular complexity index is 1030. The molecule has 0 radical (unpaired) electrons. The SMILES string of the molecule is CCCC(C)N(C)c1ccc2c3ccccc3n(-c3ccccc3)c2c1. The van der Waals surface area contributed by atoms with Crippen molar-refractivity contribution in [2.75, 3.05) is 11.9 Å². The quantitative estimate of drug-likeness (QED) is 0.407. The van der Waals surface area contributed by atoms with Gasteiger partial charge in [0.15, 0.2) is 0 Å². The third-order valence-corrected chi connectivity index (χ3v) is 5.45. The smallest absolute Gasteiger partial charge is 0.0561 e. The number of nitrogens with zero attached hydrogens (tertiary/aromatic N) is 2. The largest absolute Gasteiger partial charge is 0.372 e. The van der Waals surface area contributed by atoms with Crippen LogP contribution >= 0.6 is 0 Å². The van der Waals surface area contributed by atoms with Crippen LogP contribution in [-0.2, 0) is 0 Å². The number of aromatic nitrogens is 1. The van der Waals surface area contributed by atoms with Gasteiger partial charge in [-0.2, -0.15) is 0 Å². The number of rotatable bonds is 5. The molecule has 4 aromatic rings. The van der Waals surface area contributed by atoms with Gasteiger partial charge in [-0.3, -0.25) is 0 Å². The van der Waals surface area contributed by atoms with E-state index < -0.39 is 0 Å². The Morgan fingerprint density at radius 2 is 1.54 bits per heavy atom. The predicted octanol–water partition coefficient (Wildman–Crippen LogP) is 6.41. The molecule has 0 spiro atoms. The molecule has 0 saturated carbocycles. The van der Waals surface area contributed by atoms with Crippen LogP contribution in [0, 0.1) is 0 Å². The van der Waals surface area contributed by atoms with Crippen LogP contribution in [0.4, 0.5) is 5.69 Å². The van der Waals surface area contributed by atoms with Crippen molar-refractivity contribution < 1.29 is 0 Å². The fourth-order valence-electron chi connectivity index (χ4n) is 3.90. The van der Waals surface area contributed by atoms with Gasteiger partial charge in [-0.05, 0) is 43.7 Å². The van der Waals surface area contributed by atoms with Gasteiger partial charge in [-0.25, -0.2) is 0 Å². The van der Waals surface area contributed by atoms with Crippen LogP contribution in [0.2, 0.25) is 0 Å².